The summed E-state index contributed by atoms with van der Waals surface area (Å²) in [7, 11) is 0. The Morgan fingerprint density at radius 3 is 2.93 bits per heavy atom. The van der Waals surface area contributed by atoms with Crippen LogP contribution >= 0.6 is 23.6 Å². The van der Waals surface area contributed by atoms with E-state index in [9.17, 15) is 9.59 Å². The molecule has 1 amide bonds. The Balaban J connectivity index is 1.66. The molecule has 27 heavy (non-hydrogen) atoms. The van der Waals surface area contributed by atoms with Gasteiger partial charge in [0.2, 0.25) is 0 Å². The highest BCUT2D eigenvalue weighted by Crippen LogP contribution is 2.24. The van der Waals surface area contributed by atoms with E-state index in [4.69, 9.17) is 17.0 Å². The molecule has 1 aliphatic heterocycles. The fraction of sp³-hybridized carbons (Fsp3) is 0.353. The fourth-order valence-electron chi connectivity index (χ4n) is 2.61. The number of nitrogens with zero attached hydrogens (tertiary/aromatic N) is 4. The lowest BCUT2D eigenvalue weighted by molar-refractivity contribution is -0.141. The van der Waals surface area contributed by atoms with E-state index in [0.717, 1.165) is 17.0 Å². The molecule has 142 valence electrons. The minimum Gasteiger partial charge on any atom is -0.465 e. The van der Waals surface area contributed by atoms with E-state index in [0.29, 0.717) is 30.5 Å². The van der Waals surface area contributed by atoms with Crippen LogP contribution in [0.1, 0.15) is 23.8 Å². The maximum atomic E-state index is 12.9. The van der Waals surface area contributed by atoms with Crippen LogP contribution in [0.2, 0.25) is 0 Å². The Bertz CT molecular complexity index is 827. The first kappa shape index (κ1) is 19.2. The van der Waals surface area contributed by atoms with Gasteiger partial charge in [0.25, 0.3) is 5.91 Å². The molecule has 1 aliphatic rings. The first-order valence-corrected chi connectivity index (χ1v) is 9.77. The molecule has 8 nitrogen and oxygen atoms in total. The van der Waals surface area contributed by atoms with Gasteiger partial charge >= 0.3 is 5.97 Å². The first-order chi connectivity index (χ1) is 13.1. The van der Waals surface area contributed by atoms with Gasteiger partial charge in [0.15, 0.2) is 5.11 Å². The van der Waals surface area contributed by atoms with Gasteiger partial charge in [0, 0.05) is 36.4 Å². The molecule has 0 aliphatic carbocycles. The monoisotopic (exact) mass is 405 g/mol. The van der Waals surface area contributed by atoms with Crippen molar-refractivity contribution in [2.24, 2.45) is 0 Å². The van der Waals surface area contributed by atoms with Crippen LogP contribution in [0.25, 0.3) is 10.6 Å². The summed E-state index contributed by atoms with van der Waals surface area (Å²) in [6.07, 6.45) is 4.19. The number of amides is 1. The Kier molecular flexibility index (Phi) is 6.30. The molecule has 1 saturated heterocycles. The highest BCUT2D eigenvalue weighted by Gasteiger charge is 2.31. The standard InChI is InChI=1S/C17H19N5O3S2/c1-2-25-14(23)10-19-17(26)22-8-4-7-21(22)16(24)13-11-27-15(20-13)12-5-3-6-18-9-12/h3,5-6,9,11H,2,4,7-8,10H2,1H3,(H,19,26). The molecule has 0 bridgehead atoms. The third kappa shape index (κ3) is 4.58. The SMILES string of the molecule is CCOC(=O)CNC(=S)N1CCCN1C(=O)c1csc(-c2cccnc2)n1. The molecule has 0 radical (unpaired) electrons. The van der Waals surface area contributed by atoms with Crippen LogP contribution in [0.5, 0.6) is 0 Å². The molecule has 0 unspecified atom stereocenters. The summed E-state index contributed by atoms with van der Waals surface area (Å²) in [6.45, 7) is 3.16. The average Bonchev–Trinajstić information content (AvgIpc) is 3.36. The number of aromatic nitrogens is 2. The van der Waals surface area contributed by atoms with Crippen LogP contribution in [-0.4, -0.2) is 63.2 Å². The summed E-state index contributed by atoms with van der Waals surface area (Å²) in [5.41, 5.74) is 1.23. The number of rotatable bonds is 5. The van der Waals surface area contributed by atoms with Crippen molar-refractivity contribution in [1.82, 2.24) is 25.3 Å². The van der Waals surface area contributed by atoms with Crippen LogP contribution in [0, 0.1) is 0 Å². The summed E-state index contributed by atoms with van der Waals surface area (Å²) in [5, 5.41) is 8.85. The molecular weight excluding hydrogens is 386 g/mol. The highest BCUT2D eigenvalue weighted by molar-refractivity contribution is 7.80. The summed E-state index contributed by atoms with van der Waals surface area (Å²) < 4.78 is 4.87. The topological polar surface area (TPSA) is 87.7 Å². The molecule has 10 heteroatoms. The maximum Gasteiger partial charge on any atom is 0.325 e. The predicted octanol–water partition coefficient (Wildman–Crippen LogP) is 1.71. The second-order valence-electron chi connectivity index (χ2n) is 5.65. The number of hydrogen-bond acceptors (Lipinski definition) is 7. The Morgan fingerprint density at radius 2 is 2.19 bits per heavy atom. The van der Waals surface area contributed by atoms with Crippen LogP contribution < -0.4 is 5.32 Å². The van der Waals surface area contributed by atoms with Crippen LogP contribution in [0.15, 0.2) is 29.9 Å². The third-order valence-electron chi connectivity index (χ3n) is 3.82. The lowest BCUT2D eigenvalue weighted by Crippen LogP contribution is -2.50. The van der Waals surface area contributed by atoms with E-state index >= 15 is 0 Å². The number of ether oxygens (including phenoxy) is 1. The van der Waals surface area contributed by atoms with Gasteiger partial charge in [0.1, 0.15) is 17.2 Å². The van der Waals surface area contributed by atoms with Crippen molar-refractivity contribution >= 4 is 40.5 Å². The van der Waals surface area contributed by atoms with Gasteiger partial charge in [-0.15, -0.1) is 11.3 Å². The Hall–Kier alpha value is -2.59. The minimum absolute atomic E-state index is 0.0347. The number of thiocarbonyl (C=S) groups is 1. The Morgan fingerprint density at radius 1 is 1.37 bits per heavy atom. The van der Waals surface area contributed by atoms with E-state index in [2.05, 4.69) is 15.3 Å². The second kappa shape index (κ2) is 8.87. The molecule has 0 atom stereocenters. The number of carbonyl (C=O) groups excluding carboxylic acids is 2. The number of thiazole rings is 1. The van der Waals surface area contributed by atoms with Crippen molar-refractivity contribution in [1.29, 1.82) is 0 Å². The van der Waals surface area contributed by atoms with Crippen molar-refractivity contribution in [3.63, 3.8) is 0 Å². The molecule has 0 spiro atoms. The molecule has 3 rings (SSSR count). The zero-order chi connectivity index (χ0) is 19.2. The quantitative estimate of drug-likeness (QED) is 0.594. The number of carbonyl (C=O) groups is 2. The van der Waals surface area contributed by atoms with Gasteiger partial charge in [-0.05, 0) is 37.7 Å². The zero-order valence-electron chi connectivity index (χ0n) is 14.8. The van der Waals surface area contributed by atoms with Crippen molar-refractivity contribution in [3.05, 3.63) is 35.6 Å². The average molecular weight is 406 g/mol. The third-order valence-corrected chi connectivity index (χ3v) is 5.07. The number of hydrogen-bond donors (Lipinski definition) is 1. The molecule has 1 fully saturated rings. The molecule has 1 N–H and O–H groups in total. The molecular formula is C17H19N5O3S2. The highest BCUT2D eigenvalue weighted by atomic mass is 32.1. The fourth-order valence-corrected chi connectivity index (χ4v) is 3.66. The van der Waals surface area contributed by atoms with Crippen LogP contribution in [0.4, 0.5) is 0 Å². The van der Waals surface area contributed by atoms with Gasteiger partial charge in [-0.25, -0.2) is 9.99 Å². The van der Waals surface area contributed by atoms with E-state index in [1.807, 2.05) is 12.1 Å². The number of pyridine rings is 1. The lowest BCUT2D eigenvalue weighted by Gasteiger charge is -2.29. The largest absolute Gasteiger partial charge is 0.465 e. The minimum atomic E-state index is -0.391. The second-order valence-corrected chi connectivity index (χ2v) is 6.89. The first-order valence-electron chi connectivity index (χ1n) is 8.49. The van der Waals surface area contributed by atoms with Gasteiger partial charge in [-0.3, -0.25) is 19.6 Å². The molecule has 0 aromatic carbocycles. The van der Waals surface area contributed by atoms with Gasteiger partial charge in [0.05, 0.1) is 6.61 Å². The lowest BCUT2D eigenvalue weighted by atomic mass is 10.3. The van der Waals surface area contributed by atoms with Crippen molar-refractivity contribution in [3.8, 4) is 10.6 Å². The van der Waals surface area contributed by atoms with Gasteiger partial charge < -0.3 is 10.1 Å². The normalized spacial score (nSPS) is 13.5. The Labute approximate surface area is 166 Å². The smallest absolute Gasteiger partial charge is 0.325 e. The summed E-state index contributed by atoms with van der Waals surface area (Å²) >= 11 is 6.72. The molecule has 2 aromatic rings. The summed E-state index contributed by atoms with van der Waals surface area (Å²) in [5.74, 6) is -0.614. The molecule has 0 saturated carbocycles. The number of hydrazine groups is 1. The maximum absolute atomic E-state index is 12.9. The van der Waals surface area contributed by atoms with Crippen LogP contribution in [0.3, 0.4) is 0 Å². The molecule has 2 aromatic heterocycles. The molecule has 3 heterocycles. The summed E-state index contributed by atoms with van der Waals surface area (Å²) in [6, 6.07) is 3.73. The van der Waals surface area contributed by atoms with Gasteiger partial charge in [-0.2, -0.15) is 0 Å². The van der Waals surface area contributed by atoms with Gasteiger partial charge in [-0.1, -0.05) is 0 Å². The predicted molar refractivity (Wildman–Crippen MR) is 105 cm³/mol. The van der Waals surface area contributed by atoms with Crippen molar-refractivity contribution in [2.75, 3.05) is 26.2 Å². The number of nitrogens with one attached hydrogen (secondary N) is 1. The van der Waals surface area contributed by atoms with E-state index in [1.165, 1.54) is 11.3 Å². The summed E-state index contributed by atoms with van der Waals surface area (Å²) in [4.78, 5) is 32.9. The van der Waals surface area contributed by atoms with Crippen molar-refractivity contribution in [2.45, 2.75) is 13.3 Å². The van der Waals surface area contributed by atoms with Crippen LogP contribution in [-0.2, 0) is 9.53 Å². The van der Waals surface area contributed by atoms with E-state index in [1.54, 1.807) is 34.7 Å². The zero-order valence-corrected chi connectivity index (χ0v) is 16.4. The van der Waals surface area contributed by atoms with Crippen molar-refractivity contribution < 1.29 is 14.3 Å². The van der Waals surface area contributed by atoms with E-state index in [-0.39, 0.29) is 12.5 Å². The number of esters is 1. The van der Waals surface area contributed by atoms with E-state index < -0.39 is 5.97 Å².